The molecule has 1 unspecified atom stereocenters. The maximum atomic E-state index is 11.1. The molecule has 0 amide bonds. The Kier molecular flexibility index (Phi) is 4.19. The van der Waals surface area contributed by atoms with E-state index in [9.17, 15) is 10.1 Å². The lowest BCUT2D eigenvalue weighted by Crippen LogP contribution is -2.22. The van der Waals surface area contributed by atoms with Crippen molar-refractivity contribution in [3.8, 4) is 0 Å². The van der Waals surface area contributed by atoms with Crippen molar-refractivity contribution in [3.05, 3.63) is 22.2 Å². The predicted octanol–water partition coefficient (Wildman–Crippen LogP) is 2.66. The standard InChI is InChI=1S/C13H20N4O2/c1-3-4-10-7-8-16(9-10)13-11(17(18)19)5-6-12(14-2)15-13/h5-6,10H,3-4,7-9H2,1-2H3,(H,14,15). The summed E-state index contributed by atoms with van der Waals surface area (Å²) >= 11 is 0. The van der Waals surface area contributed by atoms with Crippen molar-refractivity contribution in [2.75, 3.05) is 30.4 Å². The van der Waals surface area contributed by atoms with Gasteiger partial charge in [-0.3, -0.25) is 10.1 Å². The van der Waals surface area contributed by atoms with Gasteiger partial charge in [0.2, 0.25) is 5.82 Å². The minimum Gasteiger partial charge on any atom is -0.373 e. The van der Waals surface area contributed by atoms with E-state index in [1.807, 2.05) is 4.90 Å². The van der Waals surface area contributed by atoms with Gasteiger partial charge in [0.1, 0.15) is 5.82 Å². The fourth-order valence-electron chi connectivity index (χ4n) is 2.62. The van der Waals surface area contributed by atoms with Crippen molar-refractivity contribution in [1.82, 2.24) is 4.98 Å². The molecule has 1 atom stereocenters. The molecule has 1 saturated heterocycles. The van der Waals surface area contributed by atoms with Crippen LogP contribution in [0.15, 0.2) is 12.1 Å². The molecule has 2 heterocycles. The van der Waals surface area contributed by atoms with Gasteiger partial charge in [-0.1, -0.05) is 13.3 Å². The number of pyridine rings is 1. The molecule has 19 heavy (non-hydrogen) atoms. The lowest BCUT2D eigenvalue weighted by Gasteiger charge is -2.18. The van der Waals surface area contributed by atoms with Crippen LogP contribution in [0.4, 0.5) is 17.3 Å². The van der Waals surface area contributed by atoms with E-state index in [0.717, 1.165) is 25.9 Å². The van der Waals surface area contributed by atoms with Crippen molar-refractivity contribution in [3.63, 3.8) is 0 Å². The molecule has 1 aliphatic heterocycles. The summed E-state index contributed by atoms with van der Waals surface area (Å²) < 4.78 is 0. The van der Waals surface area contributed by atoms with Gasteiger partial charge >= 0.3 is 5.69 Å². The van der Waals surface area contributed by atoms with Crippen molar-refractivity contribution < 1.29 is 4.92 Å². The molecule has 104 valence electrons. The Labute approximate surface area is 113 Å². The number of nitrogens with zero attached hydrogens (tertiary/aromatic N) is 3. The quantitative estimate of drug-likeness (QED) is 0.654. The second kappa shape index (κ2) is 5.86. The molecule has 6 nitrogen and oxygen atoms in total. The maximum Gasteiger partial charge on any atom is 0.311 e. The van der Waals surface area contributed by atoms with Gasteiger partial charge < -0.3 is 10.2 Å². The zero-order chi connectivity index (χ0) is 13.8. The Morgan fingerprint density at radius 3 is 3.00 bits per heavy atom. The molecule has 1 aromatic rings. The summed E-state index contributed by atoms with van der Waals surface area (Å²) in [7, 11) is 1.77. The number of nitro groups is 1. The Morgan fingerprint density at radius 1 is 1.58 bits per heavy atom. The highest BCUT2D eigenvalue weighted by Crippen LogP contribution is 2.32. The second-order valence-corrected chi connectivity index (χ2v) is 4.94. The summed E-state index contributed by atoms with van der Waals surface area (Å²) in [6.45, 7) is 3.89. The lowest BCUT2D eigenvalue weighted by atomic mass is 10.0. The van der Waals surface area contributed by atoms with E-state index < -0.39 is 0 Å². The van der Waals surface area contributed by atoms with Crippen molar-refractivity contribution in [2.24, 2.45) is 5.92 Å². The monoisotopic (exact) mass is 264 g/mol. The van der Waals surface area contributed by atoms with Gasteiger partial charge in [-0.05, 0) is 24.8 Å². The van der Waals surface area contributed by atoms with Gasteiger partial charge in [0.15, 0.2) is 0 Å². The van der Waals surface area contributed by atoms with E-state index >= 15 is 0 Å². The first-order valence-electron chi connectivity index (χ1n) is 6.73. The number of anilines is 2. The summed E-state index contributed by atoms with van der Waals surface area (Å²) in [6.07, 6.45) is 3.43. The Morgan fingerprint density at radius 2 is 2.37 bits per heavy atom. The van der Waals surface area contributed by atoms with Crippen LogP contribution in [0, 0.1) is 16.0 Å². The molecule has 1 N–H and O–H groups in total. The molecule has 1 aliphatic rings. The van der Waals surface area contributed by atoms with Crippen LogP contribution in [0.5, 0.6) is 0 Å². The summed E-state index contributed by atoms with van der Waals surface area (Å²) in [6, 6.07) is 3.17. The zero-order valence-corrected chi connectivity index (χ0v) is 11.4. The first-order valence-corrected chi connectivity index (χ1v) is 6.73. The van der Waals surface area contributed by atoms with Crippen molar-refractivity contribution in [2.45, 2.75) is 26.2 Å². The zero-order valence-electron chi connectivity index (χ0n) is 11.4. The van der Waals surface area contributed by atoms with Crippen LogP contribution in [0.2, 0.25) is 0 Å². The summed E-state index contributed by atoms with van der Waals surface area (Å²) in [5, 5.41) is 14.0. The van der Waals surface area contributed by atoms with Crippen molar-refractivity contribution in [1.29, 1.82) is 0 Å². The van der Waals surface area contributed by atoms with Gasteiger partial charge in [0.05, 0.1) is 4.92 Å². The fraction of sp³-hybridized carbons (Fsp3) is 0.615. The Bertz CT molecular complexity index is 464. The van der Waals surface area contributed by atoms with E-state index in [-0.39, 0.29) is 10.6 Å². The van der Waals surface area contributed by atoms with E-state index in [1.165, 1.54) is 12.5 Å². The van der Waals surface area contributed by atoms with Gasteiger partial charge in [0.25, 0.3) is 0 Å². The number of hydrogen-bond donors (Lipinski definition) is 1. The number of rotatable bonds is 5. The molecule has 0 bridgehead atoms. The Balaban J connectivity index is 2.25. The van der Waals surface area contributed by atoms with Crippen LogP contribution in [-0.4, -0.2) is 30.0 Å². The van der Waals surface area contributed by atoms with Crippen LogP contribution < -0.4 is 10.2 Å². The Hall–Kier alpha value is -1.85. The molecule has 1 aromatic heterocycles. The third-order valence-electron chi connectivity index (χ3n) is 3.59. The van der Waals surface area contributed by atoms with Gasteiger partial charge in [0, 0.05) is 26.2 Å². The first-order chi connectivity index (χ1) is 9.15. The minimum atomic E-state index is -0.352. The topological polar surface area (TPSA) is 71.3 Å². The molecule has 2 rings (SSSR count). The fourth-order valence-corrected chi connectivity index (χ4v) is 2.62. The molecule has 0 spiro atoms. The van der Waals surface area contributed by atoms with Crippen molar-refractivity contribution >= 4 is 17.3 Å². The molecule has 0 saturated carbocycles. The van der Waals surface area contributed by atoms with Crippen LogP contribution in [0.25, 0.3) is 0 Å². The molecule has 0 aromatic carbocycles. The highest BCUT2D eigenvalue weighted by molar-refractivity contribution is 5.62. The maximum absolute atomic E-state index is 11.1. The van der Waals surface area contributed by atoms with E-state index in [0.29, 0.717) is 17.6 Å². The molecule has 1 fully saturated rings. The minimum absolute atomic E-state index is 0.0937. The number of nitrogens with one attached hydrogen (secondary N) is 1. The van der Waals surface area contributed by atoms with Gasteiger partial charge in [-0.2, -0.15) is 0 Å². The average Bonchev–Trinajstić information content (AvgIpc) is 2.87. The van der Waals surface area contributed by atoms with Gasteiger partial charge in [-0.15, -0.1) is 0 Å². The van der Waals surface area contributed by atoms with E-state index in [4.69, 9.17) is 0 Å². The van der Waals surface area contributed by atoms with Crippen LogP contribution in [0.3, 0.4) is 0 Å². The third kappa shape index (κ3) is 2.94. The summed E-state index contributed by atoms with van der Waals surface area (Å²) in [4.78, 5) is 17.2. The highest BCUT2D eigenvalue weighted by atomic mass is 16.6. The normalized spacial score (nSPS) is 18.6. The molecule has 6 heteroatoms. The molecular formula is C13H20N4O2. The average molecular weight is 264 g/mol. The summed E-state index contributed by atoms with van der Waals surface area (Å²) in [5.41, 5.74) is 0.0937. The second-order valence-electron chi connectivity index (χ2n) is 4.94. The van der Waals surface area contributed by atoms with Crippen LogP contribution in [-0.2, 0) is 0 Å². The van der Waals surface area contributed by atoms with E-state index in [2.05, 4.69) is 17.2 Å². The molecule has 0 aliphatic carbocycles. The van der Waals surface area contributed by atoms with Crippen LogP contribution >= 0.6 is 0 Å². The predicted molar refractivity (Wildman–Crippen MR) is 75.7 cm³/mol. The highest BCUT2D eigenvalue weighted by Gasteiger charge is 2.28. The molecule has 0 radical (unpaired) electrons. The largest absolute Gasteiger partial charge is 0.373 e. The summed E-state index contributed by atoms with van der Waals surface area (Å²) in [5.74, 6) is 1.79. The SMILES string of the molecule is CCCC1CCN(c2nc(NC)ccc2[N+](=O)[O-])C1. The number of aromatic nitrogens is 1. The number of hydrogen-bond acceptors (Lipinski definition) is 5. The smallest absolute Gasteiger partial charge is 0.311 e. The molecular weight excluding hydrogens is 244 g/mol. The first kappa shape index (κ1) is 13.6. The third-order valence-corrected chi connectivity index (χ3v) is 3.59. The van der Waals surface area contributed by atoms with Crippen LogP contribution in [0.1, 0.15) is 26.2 Å². The van der Waals surface area contributed by atoms with E-state index in [1.54, 1.807) is 13.1 Å². The lowest BCUT2D eigenvalue weighted by molar-refractivity contribution is -0.384. The van der Waals surface area contributed by atoms with Gasteiger partial charge in [-0.25, -0.2) is 4.98 Å².